The summed E-state index contributed by atoms with van der Waals surface area (Å²) in [5, 5.41) is 8.23. The number of nitrogens with one attached hydrogen (secondary N) is 3. The Kier molecular flexibility index (Phi) is 10.7. The highest BCUT2D eigenvalue weighted by atomic mass is 16.5. The molecule has 6 atom stereocenters. The summed E-state index contributed by atoms with van der Waals surface area (Å²) in [6.07, 6.45) is 0.753. The van der Waals surface area contributed by atoms with Crippen molar-refractivity contribution in [2.45, 2.75) is 92.4 Å². The molecule has 12 nitrogen and oxygen atoms in total. The van der Waals surface area contributed by atoms with Crippen molar-refractivity contribution in [2.24, 2.45) is 34.3 Å². The molecule has 248 valence electrons. The van der Waals surface area contributed by atoms with Crippen molar-refractivity contribution < 1.29 is 33.5 Å². The van der Waals surface area contributed by atoms with Crippen LogP contribution in [-0.2, 0) is 19.2 Å². The Balaban J connectivity index is 1.82. The van der Waals surface area contributed by atoms with E-state index in [9.17, 15) is 28.8 Å². The summed E-state index contributed by atoms with van der Waals surface area (Å²) in [5.41, 5.74) is 4.66. The number of carbonyl (C=O) groups excluding carboxylic acids is 6. The third-order valence-electron chi connectivity index (χ3n) is 9.21. The Morgan fingerprint density at radius 1 is 1.02 bits per heavy atom. The number of likely N-dealkylation sites (tertiary alicyclic amines) is 1. The lowest BCUT2D eigenvalue weighted by Crippen LogP contribution is -2.62. The van der Waals surface area contributed by atoms with E-state index in [1.165, 1.54) is 12.0 Å². The SMILES string of the molecule is CCCC(NC(=O)[C@@H]1[C@@H]2[C@H](CN1C(=O)[C@@H](NC(=O)N[C@H](C(=O)c1ccc(OC)cc1)C(C)C)C(C)(C)C)C2(C)C)C(=O)C(N)=O. The fourth-order valence-corrected chi connectivity index (χ4v) is 6.40. The van der Waals surface area contributed by atoms with Gasteiger partial charge in [-0.2, -0.15) is 0 Å². The maximum Gasteiger partial charge on any atom is 0.316 e. The second kappa shape index (κ2) is 13.6. The number of primary amides is 1. The van der Waals surface area contributed by atoms with Gasteiger partial charge >= 0.3 is 6.03 Å². The zero-order chi connectivity index (χ0) is 34.0. The monoisotopic (exact) mass is 627 g/mol. The van der Waals surface area contributed by atoms with Crippen molar-refractivity contribution >= 4 is 35.3 Å². The van der Waals surface area contributed by atoms with Gasteiger partial charge in [-0.1, -0.05) is 61.8 Å². The molecule has 1 aromatic carbocycles. The molecule has 3 rings (SSSR count). The summed E-state index contributed by atoms with van der Waals surface area (Å²) in [5.74, 6) is -3.05. The van der Waals surface area contributed by atoms with Gasteiger partial charge < -0.3 is 31.3 Å². The number of benzene rings is 1. The molecule has 0 spiro atoms. The number of methoxy groups -OCH3 is 1. The molecule has 0 radical (unpaired) electrons. The quantitative estimate of drug-likeness (QED) is 0.192. The molecule has 2 fully saturated rings. The minimum atomic E-state index is -1.13. The Morgan fingerprint density at radius 3 is 2.11 bits per heavy atom. The molecule has 5 N–H and O–H groups in total. The van der Waals surface area contributed by atoms with Gasteiger partial charge in [0.25, 0.3) is 5.91 Å². The highest BCUT2D eigenvalue weighted by Gasteiger charge is 2.69. The summed E-state index contributed by atoms with van der Waals surface area (Å²) in [6.45, 7) is 15.2. The standard InChI is InChI=1S/C33H49N5O7/c1-10-11-21(26(40)28(34)41)35-29(42)24-22-20(33(22,7)8)16-38(24)30(43)27(32(4,5)6)37-31(44)36-23(17(2)3)25(39)18-12-14-19(45-9)15-13-18/h12-15,17,20-24,27H,10-11,16H2,1-9H3,(H2,34,41)(H,35,42)(H2,36,37,44)/t20-,21?,22-,23-,24-,27+/m0/s1. The summed E-state index contributed by atoms with van der Waals surface area (Å²) in [6, 6.07) is 2.01. The minimum absolute atomic E-state index is 0.0514. The van der Waals surface area contributed by atoms with E-state index in [0.717, 1.165) is 0 Å². The summed E-state index contributed by atoms with van der Waals surface area (Å²) >= 11 is 0. The van der Waals surface area contributed by atoms with Gasteiger partial charge in [0.2, 0.25) is 17.6 Å². The maximum absolute atomic E-state index is 14.2. The molecule has 2 aliphatic rings. The predicted octanol–water partition coefficient (Wildman–Crippen LogP) is 2.44. The van der Waals surface area contributed by atoms with Crippen molar-refractivity contribution in [1.29, 1.82) is 0 Å². The minimum Gasteiger partial charge on any atom is -0.497 e. The molecule has 1 saturated heterocycles. The average Bonchev–Trinajstić information content (AvgIpc) is 3.28. The first-order valence-electron chi connectivity index (χ1n) is 15.6. The van der Waals surface area contributed by atoms with E-state index in [4.69, 9.17) is 10.5 Å². The van der Waals surface area contributed by atoms with Crippen LogP contribution in [-0.4, -0.2) is 78.0 Å². The molecule has 1 heterocycles. The Labute approximate surface area is 265 Å². The van der Waals surface area contributed by atoms with E-state index in [1.54, 1.807) is 45.0 Å². The van der Waals surface area contributed by atoms with Crippen molar-refractivity contribution in [3.63, 3.8) is 0 Å². The van der Waals surface area contributed by atoms with Crippen LogP contribution < -0.4 is 26.4 Å². The Hall–Kier alpha value is -3.96. The smallest absolute Gasteiger partial charge is 0.316 e. The van der Waals surface area contributed by atoms with Crippen molar-refractivity contribution in [3.8, 4) is 5.75 Å². The average molecular weight is 628 g/mol. The molecular weight excluding hydrogens is 578 g/mol. The molecule has 1 aromatic rings. The number of fused-ring (bicyclic) bond motifs is 1. The number of hydrogen-bond acceptors (Lipinski definition) is 7. The topological polar surface area (TPSA) is 177 Å². The molecule has 5 amide bonds. The molecular formula is C33H49N5O7. The number of rotatable bonds is 13. The number of piperidine rings is 1. The Bertz CT molecular complexity index is 1320. The highest BCUT2D eigenvalue weighted by Crippen LogP contribution is 2.65. The number of ether oxygens (including phenoxy) is 1. The fraction of sp³-hybridized carbons (Fsp3) is 0.636. The second-order valence-corrected chi connectivity index (χ2v) is 14.2. The van der Waals surface area contributed by atoms with E-state index < -0.39 is 59.1 Å². The summed E-state index contributed by atoms with van der Waals surface area (Å²) in [7, 11) is 1.53. The largest absolute Gasteiger partial charge is 0.497 e. The Morgan fingerprint density at radius 2 is 1.62 bits per heavy atom. The van der Waals surface area contributed by atoms with E-state index in [0.29, 0.717) is 24.3 Å². The van der Waals surface area contributed by atoms with Gasteiger partial charge in [0.05, 0.1) is 19.2 Å². The molecule has 0 bridgehead atoms. The summed E-state index contributed by atoms with van der Waals surface area (Å²) in [4.78, 5) is 80.2. The number of nitrogens with two attached hydrogens (primary N) is 1. The molecule has 45 heavy (non-hydrogen) atoms. The number of ketones is 2. The lowest BCUT2D eigenvalue weighted by atomic mass is 9.85. The molecule has 1 aliphatic heterocycles. The first kappa shape index (κ1) is 35.5. The van der Waals surface area contributed by atoms with Crippen LogP contribution in [0.2, 0.25) is 0 Å². The first-order valence-corrected chi connectivity index (χ1v) is 15.6. The van der Waals surface area contributed by atoms with Crippen LogP contribution in [0.3, 0.4) is 0 Å². The van der Waals surface area contributed by atoms with Crippen LogP contribution in [0.15, 0.2) is 24.3 Å². The van der Waals surface area contributed by atoms with Crippen molar-refractivity contribution in [2.75, 3.05) is 13.7 Å². The number of urea groups is 1. The van der Waals surface area contributed by atoms with Crippen LogP contribution >= 0.6 is 0 Å². The van der Waals surface area contributed by atoms with Gasteiger partial charge in [0.15, 0.2) is 5.78 Å². The molecule has 1 aliphatic carbocycles. The molecule has 1 unspecified atom stereocenters. The number of carbonyl (C=O) groups is 6. The van der Waals surface area contributed by atoms with Gasteiger partial charge in [-0.3, -0.25) is 24.0 Å². The van der Waals surface area contributed by atoms with Crippen LogP contribution in [0.1, 0.15) is 78.6 Å². The van der Waals surface area contributed by atoms with Gasteiger partial charge in [-0.05, 0) is 59.3 Å². The third kappa shape index (κ3) is 7.65. The number of Topliss-reactive ketones (excluding diaryl/α,β-unsaturated/α-hetero) is 2. The van der Waals surface area contributed by atoms with Gasteiger partial charge in [-0.25, -0.2) is 4.79 Å². The van der Waals surface area contributed by atoms with E-state index in [1.807, 2.05) is 34.6 Å². The zero-order valence-corrected chi connectivity index (χ0v) is 27.9. The van der Waals surface area contributed by atoms with Gasteiger partial charge in [0, 0.05) is 12.1 Å². The number of hydrogen-bond donors (Lipinski definition) is 4. The van der Waals surface area contributed by atoms with Crippen LogP contribution in [0.5, 0.6) is 5.75 Å². The van der Waals surface area contributed by atoms with Crippen LogP contribution in [0.4, 0.5) is 4.79 Å². The highest BCUT2D eigenvalue weighted by molar-refractivity contribution is 6.37. The molecule has 1 saturated carbocycles. The molecule has 12 heteroatoms. The van der Waals surface area contributed by atoms with E-state index in [2.05, 4.69) is 16.0 Å². The van der Waals surface area contributed by atoms with Crippen molar-refractivity contribution in [1.82, 2.24) is 20.9 Å². The fourth-order valence-electron chi connectivity index (χ4n) is 6.40. The van der Waals surface area contributed by atoms with Gasteiger partial charge in [0.1, 0.15) is 17.8 Å². The zero-order valence-electron chi connectivity index (χ0n) is 27.9. The van der Waals surface area contributed by atoms with Crippen LogP contribution in [0.25, 0.3) is 0 Å². The number of amides is 5. The molecule has 0 aromatic heterocycles. The predicted molar refractivity (Wildman–Crippen MR) is 168 cm³/mol. The normalized spacial score (nSPS) is 22.0. The van der Waals surface area contributed by atoms with Crippen LogP contribution in [0, 0.1) is 28.6 Å². The second-order valence-electron chi connectivity index (χ2n) is 14.2. The number of nitrogens with zero attached hydrogens (tertiary/aromatic N) is 1. The van der Waals surface area contributed by atoms with Gasteiger partial charge in [-0.15, -0.1) is 0 Å². The van der Waals surface area contributed by atoms with E-state index >= 15 is 0 Å². The summed E-state index contributed by atoms with van der Waals surface area (Å²) < 4.78 is 5.17. The lowest BCUT2D eigenvalue weighted by Gasteiger charge is -2.38. The van der Waals surface area contributed by atoms with E-state index in [-0.39, 0.29) is 35.4 Å². The lowest BCUT2D eigenvalue weighted by molar-refractivity contribution is -0.145. The maximum atomic E-state index is 14.2. The first-order chi connectivity index (χ1) is 20.9. The third-order valence-corrected chi connectivity index (χ3v) is 9.21. The van der Waals surface area contributed by atoms with Crippen molar-refractivity contribution in [3.05, 3.63) is 29.8 Å².